The van der Waals surface area contributed by atoms with Gasteiger partial charge in [0.1, 0.15) is 0 Å². The predicted octanol–water partition coefficient (Wildman–Crippen LogP) is 5.17. The summed E-state index contributed by atoms with van der Waals surface area (Å²) in [7, 11) is 0. The van der Waals surface area contributed by atoms with E-state index in [1.165, 1.54) is 12.1 Å². The molecule has 32 heavy (non-hydrogen) atoms. The van der Waals surface area contributed by atoms with E-state index in [-0.39, 0.29) is 11.5 Å². The van der Waals surface area contributed by atoms with Crippen LogP contribution in [-0.2, 0) is 6.18 Å². The van der Waals surface area contributed by atoms with Crippen LogP contribution in [0.4, 0.5) is 18.9 Å². The fourth-order valence-electron chi connectivity index (χ4n) is 4.69. The highest BCUT2D eigenvalue weighted by atomic mass is 35.5. The maximum Gasteiger partial charge on any atom is 0.416 e. The zero-order valence-corrected chi connectivity index (χ0v) is 18.7. The van der Waals surface area contributed by atoms with Crippen molar-refractivity contribution in [3.05, 3.63) is 64.2 Å². The first-order valence-electron chi connectivity index (χ1n) is 10.9. The van der Waals surface area contributed by atoms with Crippen LogP contribution in [0.5, 0.6) is 0 Å². The van der Waals surface area contributed by atoms with Crippen molar-refractivity contribution in [1.29, 1.82) is 0 Å². The molecular formula is C24H27ClF3N3O. The number of amides is 1. The number of aryl methyl sites for hydroxylation is 1. The Morgan fingerprint density at radius 2 is 1.81 bits per heavy atom. The Morgan fingerprint density at radius 1 is 1.09 bits per heavy atom. The minimum absolute atomic E-state index is 0.110. The van der Waals surface area contributed by atoms with Gasteiger partial charge in [0.15, 0.2) is 0 Å². The smallest absolute Gasteiger partial charge is 0.385 e. The van der Waals surface area contributed by atoms with Gasteiger partial charge in [-0.15, -0.1) is 0 Å². The van der Waals surface area contributed by atoms with Gasteiger partial charge in [-0.3, -0.25) is 4.79 Å². The lowest BCUT2D eigenvalue weighted by Crippen LogP contribution is -2.34. The van der Waals surface area contributed by atoms with Gasteiger partial charge >= 0.3 is 6.18 Å². The molecule has 2 saturated heterocycles. The van der Waals surface area contributed by atoms with Crippen molar-refractivity contribution in [2.75, 3.05) is 44.6 Å². The van der Waals surface area contributed by atoms with E-state index in [0.717, 1.165) is 61.0 Å². The third-order valence-corrected chi connectivity index (χ3v) is 6.85. The molecule has 1 N–H and O–H groups in total. The largest absolute Gasteiger partial charge is 0.416 e. The highest BCUT2D eigenvalue weighted by molar-refractivity contribution is 6.31. The lowest BCUT2D eigenvalue weighted by molar-refractivity contribution is -0.137. The summed E-state index contributed by atoms with van der Waals surface area (Å²) in [5.41, 5.74) is 1.40. The number of fused-ring (bicyclic) bond motifs is 1. The number of nitrogens with zero attached hydrogens (tertiary/aromatic N) is 2. The molecule has 2 aliphatic heterocycles. The standard InChI is InChI=1S/C24H27ClF3N3O/c1-16-6-7-21(11-22(16)25)29-8-3-9-30-12-18-14-31(15-19(18)13-30)23(32)17-4-2-5-20(10-17)24(26,27)28/h2,4-7,10-11,18-19,29H,3,8-9,12-15H2,1H3. The molecule has 2 aliphatic rings. The zero-order chi connectivity index (χ0) is 22.9. The van der Waals surface area contributed by atoms with Gasteiger partial charge in [-0.1, -0.05) is 23.7 Å². The number of halogens is 4. The molecule has 1 amide bonds. The average molecular weight is 466 g/mol. The van der Waals surface area contributed by atoms with E-state index in [2.05, 4.69) is 10.2 Å². The third-order valence-electron chi connectivity index (χ3n) is 6.44. The Hall–Kier alpha value is -2.25. The van der Waals surface area contributed by atoms with Crippen LogP contribution in [0, 0.1) is 18.8 Å². The topological polar surface area (TPSA) is 35.6 Å². The van der Waals surface area contributed by atoms with Gasteiger partial charge in [0.25, 0.3) is 5.91 Å². The normalized spacial score (nSPS) is 21.1. The number of alkyl halides is 3. The fraction of sp³-hybridized carbons (Fsp3) is 0.458. The van der Waals surface area contributed by atoms with Crippen LogP contribution in [0.2, 0.25) is 5.02 Å². The molecule has 2 atom stereocenters. The first kappa shape index (κ1) is 22.9. The van der Waals surface area contributed by atoms with Gasteiger partial charge in [-0.05, 0) is 67.6 Å². The van der Waals surface area contributed by atoms with Crippen LogP contribution in [0.15, 0.2) is 42.5 Å². The van der Waals surface area contributed by atoms with Crippen molar-refractivity contribution in [3.8, 4) is 0 Å². The van der Waals surface area contributed by atoms with Crippen molar-refractivity contribution >= 4 is 23.2 Å². The van der Waals surface area contributed by atoms with Crippen molar-refractivity contribution in [3.63, 3.8) is 0 Å². The summed E-state index contributed by atoms with van der Waals surface area (Å²) < 4.78 is 38.9. The van der Waals surface area contributed by atoms with Gasteiger partial charge < -0.3 is 15.1 Å². The number of hydrogen-bond donors (Lipinski definition) is 1. The highest BCUT2D eigenvalue weighted by Gasteiger charge is 2.41. The van der Waals surface area contributed by atoms with E-state index >= 15 is 0 Å². The monoisotopic (exact) mass is 465 g/mol. The number of hydrogen-bond acceptors (Lipinski definition) is 3. The summed E-state index contributed by atoms with van der Waals surface area (Å²) in [5.74, 6) is 0.459. The van der Waals surface area contributed by atoms with Gasteiger partial charge in [0.2, 0.25) is 0 Å². The maximum atomic E-state index is 13.0. The molecule has 172 valence electrons. The molecule has 0 aliphatic carbocycles. The minimum Gasteiger partial charge on any atom is -0.385 e. The molecule has 2 fully saturated rings. The summed E-state index contributed by atoms with van der Waals surface area (Å²) in [6.45, 7) is 6.87. The Kier molecular flexibility index (Phi) is 6.67. The molecule has 0 spiro atoms. The lowest BCUT2D eigenvalue weighted by Gasteiger charge is -2.22. The Bertz CT molecular complexity index is 967. The van der Waals surface area contributed by atoms with Gasteiger partial charge in [-0.2, -0.15) is 13.2 Å². The van der Waals surface area contributed by atoms with Crippen LogP contribution in [0.3, 0.4) is 0 Å². The second-order valence-electron chi connectivity index (χ2n) is 8.81. The molecule has 0 radical (unpaired) electrons. The molecule has 0 saturated carbocycles. The number of benzene rings is 2. The molecule has 4 nitrogen and oxygen atoms in total. The number of nitrogens with one attached hydrogen (secondary N) is 1. The van der Waals surface area contributed by atoms with Crippen molar-refractivity contribution in [2.45, 2.75) is 19.5 Å². The lowest BCUT2D eigenvalue weighted by atomic mass is 10.0. The van der Waals surface area contributed by atoms with E-state index < -0.39 is 11.7 Å². The van der Waals surface area contributed by atoms with E-state index in [1.54, 1.807) is 4.90 Å². The molecule has 8 heteroatoms. The molecule has 4 rings (SSSR count). The fourth-order valence-corrected chi connectivity index (χ4v) is 4.87. The van der Waals surface area contributed by atoms with E-state index in [9.17, 15) is 18.0 Å². The molecule has 2 unspecified atom stereocenters. The van der Waals surface area contributed by atoms with E-state index in [0.29, 0.717) is 24.9 Å². The van der Waals surface area contributed by atoms with E-state index in [4.69, 9.17) is 11.6 Å². The zero-order valence-electron chi connectivity index (χ0n) is 18.0. The van der Waals surface area contributed by atoms with Crippen molar-refractivity contribution in [2.24, 2.45) is 11.8 Å². The molecular weight excluding hydrogens is 439 g/mol. The number of carbonyl (C=O) groups excluding carboxylic acids is 1. The first-order chi connectivity index (χ1) is 15.2. The molecule has 2 heterocycles. The van der Waals surface area contributed by atoms with Crippen molar-refractivity contribution < 1.29 is 18.0 Å². The Balaban J connectivity index is 1.23. The van der Waals surface area contributed by atoms with Crippen LogP contribution in [0.25, 0.3) is 0 Å². The SMILES string of the molecule is Cc1ccc(NCCCN2CC3CN(C(=O)c4cccc(C(F)(F)F)c4)CC3C2)cc1Cl. The first-order valence-corrected chi connectivity index (χ1v) is 11.3. The molecule has 0 bridgehead atoms. The van der Waals surface area contributed by atoms with Crippen LogP contribution in [0.1, 0.15) is 27.9 Å². The second kappa shape index (κ2) is 9.32. The molecule has 2 aromatic rings. The minimum atomic E-state index is -4.45. The second-order valence-corrected chi connectivity index (χ2v) is 9.22. The number of likely N-dealkylation sites (tertiary alicyclic amines) is 2. The average Bonchev–Trinajstić information content (AvgIpc) is 3.31. The van der Waals surface area contributed by atoms with E-state index in [1.807, 2.05) is 25.1 Å². The molecule has 0 aromatic heterocycles. The Labute approximate surface area is 191 Å². The van der Waals surface area contributed by atoms with Gasteiger partial charge in [-0.25, -0.2) is 0 Å². The number of carbonyl (C=O) groups is 1. The highest BCUT2D eigenvalue weighted by Crippen LogP contribution is 2.33. The number of anilines is 1. The van der Waals surface area contributed by atoms with Gasteiger partial charge in [0.05, 0.1) is 5.56 Å². The van der Waals surface area contributed by atoms with Crippen LogP contribution < -0.4 is 5.32 Å². The molecule has 2 aromatic carbocycles. The predicted molar refractivity (Wildman–Crippen MR) is 120 cm³/mol. The quantitative estimate of drug-likeness (QED) is 0.597. The van der Waals surface area contributed by atoms with Crippen molar-refractivity contribution in [1.82, 2.24) is 9.80 Å². The third kappa shape index (κ3) is 5.21. The summed E-state index contributed by atoms with van der Waals surface area (Å²) in [4.78, 5) is 16.9. The van der Waals surface area contributed by atoms with Crippen LogP contribution >= 0.6 is 11.6 Å². The summed E-state index contributed by atoms with van der Waals surface area (Å²) in [5, 5.41) is 4.15. The van der Waals surface area contributed by atoms with Crippen LogP contribution in [-0.4, -0.2) is 55.0 Å². The number of rotatable bonds is 6. The Morgan fingerprint density at radius 3 is 2.47 bits per heavy atom. The summed E-state index contributed by atoms with van der Waals surface area (Å²) in [6.07, 6.45) is -3.45. The maximum absolute atomic E-state index is 13.0. The summed E-state index contributed by atoms with van der Waals surface area (Å²) in [6, 6.07) is 10.7. The summed E-state index contributed by atoms with van der Waals surface area (Å²) >= 11 is 6.16. The van der Waals surface area contributed by atoms with Gasteiger partial charge in [0, 0.05) is 49.0 Å².